The molecule has 0 spiro atoms. The molecule has 0 bridgehead atoms. The van der Waals surface area contributed by atoms with Crippen LogP contribution >= 0.6 is 11.3 Å². The third-order valence-electron chi connectivity index (χ3n) is 2.59. The molecule has 0 saturated carbocycles. The van der Waals surface area contributed by atoms with E-state index in [0.29, 0.717) is 12.0 Å². The van der Waals surface area contributed by atoms with Gasteiger partial charge in [-0.05, 0) is 11.6 Å². The molecule has 1 aromatic carbocycles. The predicted molar refractivity (Wildman–Crippen MR) is 73.4 cm³/mol. The summed E-state index contributed by atoms with van der Waals surface area (Å²) in [5.74, 6) is 0. The summed E-state index contributed by atoms with van der Waals surface area (Å²) in [5.41, 5.74) is 2.97. The van der Waals surface area contributed by atoms with Gasteiger partial charge in [-0.3, -0.25) is 0 Å². The van der Waals surface area contributed by atoms with Crippen LogP contribution in [0.5, 0.6) is 0 Å². The number of benzene rings is 1. The van der Waals surface area contributed by atoms with E-state index >= 15 is 0 Å². The molecular weight excluding hydrogens is 284 g/mol. The van der Waals surface area contributed by atoms with Gasteiger partial charge in [0, 0.05) is 18.3 Å². The van der Waals surface area contributed by atoms with E-state index in [9.17, 15) is 8.42 Å². The van der Waals surface area contributed by atoms with Crippen molar-refractivity contribution >= 4 is 21.4 Å². The minimum Gasteiger partial charge on any atom is -0.392 e. The Bertz CT molecular complexity index is 624. The Labute approximate surface area is 116 Å². The number of rotatable bonds is 6. The lowest BCUT2D eigenvalue weighted by molar-refractivity contribution is 0.278. The molecule has 0 radical (unpaired) electrons. The molecule has 19 heavy (non-hydrogen) atoms. The van der Waals surface area contributed by atoms with Crippen LogP contribution in [0.25, 0.3) is 0 Å². The zero-order valence-electron chi connectivity index (χ0n) is 10.1. The molecule has 102 valence electrons. The molecular formula is C12H14N2O3S2. The van der Waals surface area contributed by atoms with Gasteiger partial charge in [0.1, 0.15) is 0 Å². The summed E-state index contributed by atoms with van der Waals surface area (Å²) in [6.45, 7) is -0.0189. The number of hydrogen-bond acceptors (Lipinski definition) is 5. The molecule has 0 atom stereocenters. The summed E-state index contributed by atoms with van der Waals surface area (Å²) in [6, 6.07) is 6.40. The van der Waals surface area contributed by atoms with Crippen molar-refractivity contribution in [2.45, 2.75) is 17.9 Å². The number of nitrogens with zero attached hydrogens (tertiary/aromatic N) is 1. The number of aliphatic hydroxyl groups is 1. The van der Waals surface area contributed by atoms with Crippen molar-refractivity contribution in [1.29, 1.82) is 0 Å². The van der Waals surface area contributed by atoms with Crippen LogP contribution in [0.15, 0.2) is 40.1 Å². The van der Waals surface area contributed by atoms with Crippen molar-refractivity contribution in [2.75, 3.05) is 6.54 Å². The summed E-state index contributed by atoms with van der Waals surface area (Å²) in [6.07, 6.45) is 0.546. The van der Waals surface area contributed by atoms with Crippen LogP contribution in [0.3, 0.4) is 0 Å². The summed E-state index contributed by atoms with van der Waals surface area (Å²) < 4.78 is 26.7. The monoisotopic (exact) mass is 298 g/mol. The van der Waals surface area contributed by atoms with Gasteiger partial charge in [-0.2, -0.15) is 0 Å². The first-order valence-electron chi connectivity index (χ1n) is 5.69. The minimum absolute atomic E-state index is 0.121. The van der Waals surface area contributed by atoms with Crippen molar-refractivity contribution in [3.8, 4) is 0 Å². The number of aromatic nitrogens is 1. The average molecular weight is 298 g/mol. The Morgan fingerprint density at radius 2 is 2.11 bits per heavy atom. The van der Waals surface area contributed by atoms with Gasteiger partial charge in [-0.15, -0.1) is 11.3 Å². The second kappa shape index (κ2) is 6.25. The van der Waals surface area contributed by atoms with Gasteiger partial charge in [0.15, 0.2) is 0 Å². The normalized spacial score (nSPS) is 11.6. The zero-order chi connectivity index (χ0) is 13.7. The largest absolute Gasteiger partial charge is 0.392 e. The van der Waals surface area contributed by atoms with E-state index in [0.717, 1.165) is 5.69 Å². The number of hydrogen-bond donors (Lipinski definition) is 2. The van der Waals surface area contributed by atoms with Crippen LogP contribution in [0.2, 0.25) is 0 Å². The topological polar surface area (TPSA) is 79.3 Å². The fourth-order valence-corrected chi connectivity index (χ4v) is 3.50. The Balaban J connectivity index is 2.05. The highest BCUT2D eigenvalue weighted by atomic mass is 32.2. The van der Waals surface area contributed by atoms with Crippen LogP contribution in [-0.4, -0.2) is 25.1 Å². The summed E-state index contributed by atoms with van der Waals surface area (Å²) in [7, 11) is -3.59. The molecule has 0 unspecified atom stereocenters. The molecule has 0 amide bonds. The molecule has 2 N–H and O–H groups in total. The summed E-state index contributed by atoms with van der Waals surface area (Å²) in [4.78, 5) is 4.21. The van der Waals surface area contributed by atoms with Crippen LogP contribution < -0.4 is 4.72 Å². The van der Waals surface area contributed by atoms with E-state index in [1.807, 2.05) is 5.38 Å². The Morgan fingerprint density at radius 1 is 1.32 bits per heavy atom. The maximum absolute atomic E-state index is 12.1. The molecule has 7 heteroatoms. The molecule has 0 aliphatic carbocycles. The van der Waals surface area contributed by atoms with Crippen LogP contribution in [-0.2, 0) is 23.1 Å². The van der Waals surface area contributed by atoms with E-state index in [4.69, 9.17) is 5.11 Å². The maximum Gasteiger partial charge on any atom is 0.240 e. The van der Waals surface area contributed by atoms with Crippen molar-refractivity contribution in [2.24, 2.45) is 0 Å². The highest BCUT2D eigenvalue weighted by molar-refractivity contribution is 7.89. The van der Waals surface area contributed by atoms with E-state index < -0.39 is 10.0 Å². The number of nitrogens with one attached hydrogen (secondary N) is 1. The Hall–Kier alpha value is -1.28. The average Bonchev–Trinajstić information content (AvgIpc) is 2.91. The molecule has 2 aromatic rings. The van der Waals surface area contributed by atoms with Crippen molar-refractivity contribution < 1.29 is 13.5 Å². The van der Waals surface area contributed by atoms with Crippen LogP contribution in [0.4, 0.5) is 0 Å². The molecule has 1 aromatic heterocycles. The molecule has 5 nitrogen and oxygen atoms in total. The fourth-order valence-electron chi connectivity index (χ4n) is 1.65. The molecule has 0 aliphatic heterocycles. The smallest absolute Gasteiger partial charge is 0.240 e. The van der Waals surface area contributed by atoms with Crippen molar-refractivity contribution in [3.05, 3.63) is 46.4 Å². The van der Waals surface area contributed by atoms with Gasteiger partial charge in [0.05, 0.1) is 22.7 Å². The summed E-state index contributed by atoms with van der Waals surface area (Å²) >= 11 is 1.48. The van der Waals surface area contributed by atoms with E-state index in [1.54, 1.807) is 23.7 Å². The van der Waals surface area contributed by atoms with E-state index in [2.05, 4.69) is 9.71 Å². The van der Waals surface area contributed by atoms with Gasteiger partial charge in [-0.1, -0.05) is 18.2 Å². The first-order chi connectivity index (χ1) is 9.13. The van der Waals surface area contributed by atoms with Gasteiger partial charge in [-0.25, -0.2) is 18.1 Å². The van der Waals surface area contributed by atoms with Crippen LogP contribution in [0.1, 0.15) is 11.3 Å². The number of sulfonamides is 1. The predicted octanol–water partition coefficient (Wildman–Crippen LogP) is 1.16. The fraction of sp³-hybridized carbons (Fsp3) is 0.250. The molecule has 0 aliphatic rings. The van der Waals surface area contributed by atoms with Gasteiger partial charge < -0.3 is 5.11 Å². The molecule has 2 rings (SSSR count). The highest BCUT2D eigenvalue weighted by Crippen LogP contribution is 2.15. The standard InChI is InChI=1S/C12H14N2O3S2/c15-7-10-3-1-2-4-12(10)19(16,17)14-6-5-11-8-18-9-13-11/h1-4,8-9,14-15H,5-7H2. The third-order valence-corrected chi connectivity index (χ3v) is 4.79. The first-order valence-corrected chi connectivity index (χ1v) is 8.11. The van der Waals surface area contributed by atoms with Gasteiger partial charge >= 0.3 is 0 Å². The minimum atomic E-state index is -3.59. The SMILES string of the molecule is O=S(=O)(NCCc1cscn1)c1ccccc1CO. The molecule has 0 fully saturated rings. The van der Waals surface area contributed by atoms with Crippen molar-refractivity contribution in [3.63, 3.8) is 0 Å². The zero-order valence-corrected chi connectivity index (χ0v) is 11.7. The lowest BCUT2D eigenvalue weighted by Crippen LogP contribution is -2.27. The lowest BCUT2D eigenvalue weighted by atomic mass is 10.2. The number of thiazole rings is 1. The molecule has 1 heterocycles. The van der Waals surface area contributed by atoms with E-state index in [1.165, 1.54) is 17.4 Å². The van der Waals surface area contributed by atoms with Gasteiger partial charge in [0.25, 0.3) is 0 Å². The first kappa shape index (κ1) is 14.1. The second-order valence-corrected chi connectivity index (χ2v) is 6.35. The maximum atomic E-state index is 12.1. The quantitative estimate of drug-likeness (QED) is 0.838. The van der Waals surface area contributed by atoms with Crippen molar-refractivity contribution in [1.82, 2.24) is 9.71 Å². The van der Waals surface area contributed by atoms with Gasteiger partial charge in [0.2, 0.25) is 10.0 Å². The molecule has 0 saturated heterocycles. The third kappa shape index (κ3) is 3.60. The van der Waals surface area contributed by atoms with E-state index in [-0.39, 0.29) is 18.0 Å². The summed E-state index contributed by atoms with van der Waals surface area (Å²) in [5, 5.41) is 11.0. The highest BCUT2D eigenvalue weighted by Gasteiger charge is 2.16. The lowest BCUT2D eigenvalue weighted by Gasteiger charge is -2.09. The van der Waals surface area contributed by atoms with Crippen LogP contribution in [0, 0.1) is 0 Å². The number of aliphatic hydroxyl groups excluding tert-OH is 1. The Morgan fingerprint density at radius 3 is 2.79 bits per heavy atom. The second-order valence-electron chi connectivity index (χ2n) is 3.89. The Kier molecular flexibility index (Phi) is 4.65.